The van der Waals surface area contributed by atoms with E-state index in [0.717, 1.165) is 28.4 Å². The van der Waals surface area contributed by atoms with Gasteiger partial charge in [-0.3, -0.25) is 4.79 Å². The summed E-state index contributed by atoms with van der Waals surface area (Å²) in [7, 11) is 0. The molecule has 0 atom stereocenters. The van der Waals surface area contributed by atoms with Crippen molar-refractivity contribution in [3.8, 4) is 11.4 Å². The molecule has 5 rings (SSSR count). The van der Waals surface area contributed by atoms with Gasteiger partial charge in [-0.05, 0) is 54.5 Å². The molecule has 3 aromatic carbocycles. The standard InChI is InChI=1S/C26H23N3O4/c30-24(28-26(25(31)32)13-3-14-26)22-12-9-19-5-1-2-6-21(19)23(22)33-17-18-7-10-20(11-8-18)29-16-4-15-27-29/h1-2,4-12,15-16H,3,13-14,17H2,(H,28,30)(H,31,32). The summed E-state index contributed by atoms with van der Waals surface area (Å²) in [4.78, 5) is 24.9. The minimum Gasteiger partial charge on any atom is -0.487 e. The number of fused-ring (bicyclic) bond motifs is 1. The van der Waals surface area contributed by atoms with Crippen molar-refractivity contribution in [2.75, 3.05) is 0 Å². The van der Waals surface area contributed by atoms with Gasteiger partial charge in [-0.1, -0.05) is 42.5 Å². The number of carboxylic acid groups (broad SMARTS) is 1. The molecule has 1 aliphatic carbocycles. The summed E-state index contributed by atoms with van der Waals surface area (Å²) in [5, 5.41) is 18.3. The molecule has 0 saturated heterocycles. The van der Waals surface area contributed by atoms with E-state index in [2.05, 4.69) is 10.4 Å². The Labute approximate surface area is 190 Å². The molecule has 0 bridgehead atoms. The number of ether oxygens (including phenoxy) is 1. The molecule has 1 aliphatic rings. The molecular weight excluding hydrogens is 418 g/mol. The van der Waals surface area contributed by atoms with E-state index in [1.54, 1.807) is 16.9 Å². The van der Waals surface area contributed by atoms with E-state index in [9.17, 15) is 14.7 Å². The maximum absolute atomic E-state index is 13.1. The fourth-order valence-electron chi connectivity index (χ4n) is 4.11. The van der Waals surface area contributed by atoms with Gasteiger partial charge in [-0.25, -0.2) is 9.48 Å². The van der Waals surface area contributed by atoms with Crippen LogP contribution in [0.15, 0.2) is 79.1 Å². The number of nitrogens with zero attached hydrogens (tertiary/aromatic N) is 2. The van der Waals surface area contributed by atoms with Crippen molar-refractivity contribution in [3.05, 3.63) is 90.3 Å². The molecular formula is C26H23N3O4. The van der Waals surface area contributed by atoms with Crippen LogP contribution < -0.4 is 10.1 Å². The maximum atomic E-state index is 13.1. The summed E-state index contributed by atoms with van der Waals surface area (Å²) in [5.74, 6) is -0.990. The van der Waals surface area contributed by atoms with Crippen molar-refractivity contribution < 1.29 is 19.4 Å². The molecule has 1 aromatic heterocycles. The highest BCUT2D eigenvalue weighted by molar-refractivity contribution is 6.05. The second-order valence-corrected chi connectivity index (χ2v) is 8.26. The zero-order valence-electron chi connectivity index (χ0n) is 17.9. The Kier molecular flexibility index (Phi) is 5.30. The van der Waals surface area contributed by atoms with Crippen LogP contribution in [0.5, 0.6) is 5.75 Å². The third kappa shape index (κ3) is 3.93. The van der Waals surface area contributed by atoms with E-state index in [1.165, 1.54) is 0 Å². The topological polar surface area (TPSA) is 93.5 Å². The lowest BCUT2D eigenvalue weighted by Gasteiger charge is -2.38. The molecule has 0 radical (unpaired) electrons. The molecule has 1 fully saturated rings. The first kappa shape index (κ1) is 20.8. The number of carbonyl (C=O) groups excluding carboxylic acids is 1. The highest BCUT2D eigenvalue weighted by Crippen LogP contribution is 2.35. The number of aromatic nitrogens is 2. The molecule has 1 saturated carbocycles. The van der Waals surface area contributed by atoms with Crippen molar-refractivity contribution >= 4 is 22.6 Å². The van der Waals surface area contributed by atoms with Crippen molar-refractivity contribution in [2.45, 2.75) is 31.4 Å². The molecule has 1 amide bonds. The minimum absolute atomic E-state index is 0.262. The second kappa shape index (κ2) is 8.43. The Morgan fingerprint density at radius 3 is 2.48 bits per heavy atom. The quantitative estimate of drug-likeness (QED) is 0.445. The van der Waals surface area contributed by atoms with Crippen molar-refractivity contribution in [1.82, 2.24) is 15.1 Å². The highest BCUT2D eigenvalue weighted by atomic mass is 16.5. The third-order valence-electron chi connectivity index (χ3n) is 6.18. The van der Waals surface area contributed by atoms with Gasteiger partial charge < -0.3 is 15.2 Å². The number of hydrogen-bond acceptors (Lipinski definition) is 4. The van der Waals surface area contributed by atoms with E-state index in [-0.39, 0.29) is 6.61 Å². The predicted octanol–water partition coefficient (Wildman–Crippen LogP) is 4.34. The summed E-state index contributed by atoms with van der Waals surface area (Å²) in [6.07, 6.45) is 5.24. The molecule has 33 heavy (non-hydrogen) atoms. The molecule has 1 heterocycles. The van der Waals surface area contributed by atoms with Crippen LogP contribution in [0.3, 0.4) is 0 Å². The lowest BCUT2D eigenvalue weighted by atomic mass is 9.76. The number of aliphatic carboxylic acids is 1. The van der Waals surface area contributed by atoms with Gasteiger partial charge in [0, 0.05) is 17.8 Å². The fourth-order valence-corrected chi connectivity index (χ4v) is 4.11. The largest absolute Gasteiger partial charge is 0.487 e. The second-order valence-electron chi connectivity index (χ2n) is 8.26. The molecule has 2 N–H and O–H groups in total. The number of nitrogens with one attached hydrogen (secondary N) is 1. The van der Waals surface area contributed by atoms with Crippen LogP contribution in [0.25, 0.3) is 16.5 Å². The Morgan fingerprint density at radius 2 is 1.82 bits per heavy atom. The van der Waals surface area contributed by atoms with Crippen LogP contribution >= 0.6 is 0 Å². The van der Waals surface area contributed by atoms with E-state index >= 15 is 0 Å². The third-order valence-corrected chi connectivity index (χ3v) is 6.18. The monoisotopic (exact) mass is 441 g/mol. The van der Waals surface area contributed by atoms with Gasteiger partial charge in [0.1, 0.15) is 17.9 Å². The molecule has 4 aromatic rings. The fraction of sp³-hybridized carbons (Fsp3) is 0.192. The van der Waals surface area contributed by atoms with Crippen molar-refractivity contribution in [2.24, 2.45) is 0 Å². The van der Waals surface area contributed by atoms with Gasteiger partial charge in [0.2, 0.25) is 0 Å². The average molecular weight is 441 g/mol. The van der Waals surface area contributed by atoms with E-state index in [1.807, 2.05) is 66.9 Å². The molecule has 7 heteroatoms. The van der Waals surface area contributed by atoms with Gasteiger partial charge in [0.15, 0.2) is 0 Å². The summed E-state index contributed by atoms with van der Waals surface area (Å²) < 4.78 is 7.96. The van der Waals surface area contributed by atoms with Gasteiger partial charge in [-0.2, -0.15) is 5.10 Å². The van der Waals surface area contributed by atoms with E-state index in [4.69, 9.17) is 4.74 Å². The Balaban J connectivity index is 1.42. The molecule has 0 unspecified atom stereocenters. The first-order valence-electron chi connectivity index (χ1n) is 10.9. The summed E-state index contributed by atoms with van der Waals surface area (Å²) >= 11 is 0. The summed E-state index contributed by atoms with van der Waals surface area (Å²) in [5.41, 5.74) is 1.01. The van der Waals surface area contributed by atoms with E-state index in [0.29, 0.717) is 24.2 Å². The van der Waals surface area contributed by atoms with Gasteiger partial charge in [0.05, 0.1) is 11.3 Å². The van der Waals surface area contributed by atoms with Crippen LogP contribution in [-0.2, 0) is 11.4 Å². The van der Waals surface area contributed by atoms with Gasteiger partial charge >= 0.3 is 5.97 Å². The Bertz CT molecular complexity index is 1310. The van der Waals surface area contributed by atoms with Gasteiger partial charge in [-0.15, -0.1) is 0 Å². The normalized spacial score (nSPS) is 14.4. The smallest absolute Gasteiger partial charge is 0.329 e. The molecule has 7 nitrogen and oxygen atoms in total. The SMILES string of the molecule is O=C(NC1(C(=O)O)CCC1)c1ccc2ccccc2c1OCc1ccc(-n2cccn2)cc1. The lowest BCUT2D eigenvalue weighted by molar-refractivity contribution is -0.148. The molecule has 0 spiro atoms. The van der Waals surface area contributed by atoms with E-state index < -0.39 is 17.4 Å². The zero-order valence-corrected chi connectivity index (χ0v) is 17.9. The number of carbonyl (C=O) groups is 2. The summed E-state index contributed by atoms with van der Waals surface area (Å²) in [6, 6.07) is 20.9. The van der Waals surface area contributed by atoms with Crippen LogP contribution in [0.2, 0.25) is 0 Å². The van der Waals surface area contributed by atoms with Crippen molar-refractivity contribution in [3.63, 3.8) is 0 Å². The number of amides is 1. The lowest BCUT2D eigenvalue weighted by Crippen LogP contribution is -2.59. The zero-order chi connectivity index (χ0) is 22.8. The number of benzene rings is 3. The first-order valence-corrected chi connectivity index (χ1v) is 10.9. The number of hydrogen-bond donors (Lipinski definition) is 2. The maximum Gasteiger partial charge on any atom is 0.329 e. The van der Waals surface area contributed by atoms with Crippen LogP contribution in [0.4, 0.5) is 0 Å². The number of rotatable bonds is 7. The summed E-state index contributed by atoms with van der Waals surface area (Å²) in [6.45, 7) is 0.262. The first-order chi connectivity index (χ1) is 16.1. The predicted molar refractivity (Wildman–Crippen MR) is 124 cm³/mol. The van der Waals surface area contributed by atoms with Gasteiger partial charge in [0.25, 0.3) is 5.91 Å². The average Bonchev–Trinajstić information content (AvgIpc) is 3.34. The molecule has 0 aliphatic heterocycles. The van der Waals surface area contributed by atoms with Crippen LogP contribution in [-0.4, -0.2) is 32.3 Å². The van der Waals surface area contributed by atoms with Crippen molar-refractivity contribution in [1.29, 1.82) is 0 Å². The minimum atomic E-state index is -1.19. The Hall–Kier alpha value is -4.13. The molecule has 166 valence electrons. The highest BCUT2D eigenvalue weighted by Gasteiger charge is 2.46. The number of carboxylic acids is 1. The Morgan fingerprint density at radius 1 is 1.03 bits per heavy atom. The van der Waals surface area contributed by atoms with Crippen LogP contribution in [0, 0.1) is 0 Å². The van der Waals surface area contributed by atoms with Crippen LogP contribution in [0.1, 0.15) is 35.2 Å².